The van der Waals surface area contributed by atoms with Gasteiger partial charge in [0, 0.05) is 80.6 Å². The van der Waals surface area contributed by atoms with E-state index in [1.165, 1.54) is 12.3 Å². The number of aromatic carboxylic acids is 1. The predicted molar refractivity (Wildman–Crippen MR) is 154 cm³/mol. The fraction of sp³-hybridized carbons (Fsp3) is 0.333. The zero-order chi connectivity index (χ0) is 28.3. The molecule has 4 heterocycles. The Labute approximate surface area is 230 Å². The van der Waals surface area contributed by atoms with Crippen LogP contribution in [-0.4, -0.2) is 70.8 Å². The molecule has 4 aromatic rings. The molecular formula is C30H31FN6O3. The quantitative estimate of drug-likeness (QED) is 0.332. The normalized spacial score (nSPS) is 16.1. The average molecular weight is 543 g/mol. The van der Waals surface area contributed by atoms with E-state index in [4.69, 9.17) is 4.98 Å². The highest BCUT2D eigenvalue weighted by molar-refractivity contribution is 5.98. The third kappa shape index (κ3) is 4.10. The van der Waals surface area contributed by atoms with E-state index in [1.54, 1.807) is 37.0 Å². The van der Waals surface area contributed by atoms with E-state index in [1.807, 2.05) is 6.20 Å². The van der Waals surface area contributed by atoms with E-state index >= 15 is 0 Å². The Bertz CT molecular complexity index is 1750. The lowest BCUT2D eigenvalue weighted by Gasteiger charge is -2.32. The van der Waals surface area contributed by atoms with Crippen molar-refractivity contribution in [1.29, 1.82) is 0 Å². The van der Waals surface area contributed by atoms with Crippen LogP contribution in [0, 0.1) is 5.82 Å². The van der Waals surface area contributed by atoms with E-state index in [0.717, 1.165) is 65.3 Å². The molecule has 206 valence electrons. The van der Waals surface area contributed by atoms with Crippen molar-refractivity contribution in [3.63, 3.8) is 0 Å². The molecular weight excluding hydrogens is 511 g/mol. The Hall–Kier alpha value is -4.31. The molecule has 1 aliphatic carbocycles. The first-order valence-electron chi connectivity index (χ1n) is 13.3. The van der Waals surface area contributed by atoms with Gasteiger partial charge in [0.25, 0.3) is 0 Å². The van der Waals surface area contributed by atoms with Gasteiger partial charge in [-0.15, -0.1) is 0 Å². The first kappa shape index (κ1) is 25.9. The number of halogens is 1. The minimum absolute atomic E-state index is 0.224. The van der Waals surface area contributed by atoms with Gasteiger partial charge in [0.05, 0.1) is 16.8 Å². The van der Waals surface area contributed by atoms with E-state index in [-0.39, 0.29) is 22.8 Å². The van der Waals surface area contributed by atoms with Gasteiger partial charge in [-0.25, -0.2) is 14.2 Å². The topological polar surface area (TPSA) is 104 Å². The molecule has 1 saturated heterocycles. The van der Waals surface area contributed by atoms with Gasteiger partial charge in [0.1, 0.15) is 17.0 Å². The van der Waals surface area contributed by atoms with Crippen LogP contribution in [0.3, 0.4) is 0 Å². The number of carboxylic acid groups (broad SMARTS) is 1. The summed E-state index contributed by atoms with van der Waals surface area (Å²) >= 11 is 0. The monoisotopic (exact) mass is 542 g/mol. The number of nitrogens with one attached hydrogen (secondary N) is 1. The SMILES string of the molecule is CNc1cc(F)cc2c1Cc1ncc(-c3cnc4c(c3)c(=O)c(C(=O)O)cn4C)c(N3CCC[C@H]3CN(C)C)c1-2. The lowest BCUT2D eigenvalue weighted by Crippen LogP contribution is -2.38. The smallest absolute Gasteiger partial charge is 0.341 e. The van der Waals surface area contributed by atoms with Gasteiger partial charge in [0.2, 0.25) is 5.43 Å². The number of aromatic nitrogens is 3. The van der Waals surface area contributed by atoms with E-state index in [9.17, 15) is 19.1 Å². The highest BCUT2D eigenvalue weighted by Gasteiger charge is 2.35. The number of benzene rings is 1. The van der Waals surface area contributed by atoms with Crippen molar-refractivity contribution in [3.05, 3.63) is 69.7 Å². The number of carbonyl (C=O) groups is 1. The maximum absolute atomic E-state index is 14.9. The second kappa shape index (κ2) is 9.71. The van der Waals surface area contributed by atoms with Crippen LogP contribution in [0.15, 0.2) is 41.6 Å². The Morgan fingerprint density at radius 3 is 2.73 bits per heavy atom. The highest BCUT2D eigenvalue weighted by Crippen LogP contribution is 2.50. The zero-order valence-electron chi connectivity index (χ0n) is 23.0. The molecule has 1 aromatic carbocycles. The number of pyridine rings is 3. The maximum Gasteiger partial charge on any atom is 0.341 e. The molecule has 6 rings (SSSR count). The molecule has 2 aliphatic rings. The van der Waals surface area contributed by atoms with E-state index in [2.05, 4.69) is 34.2 Å². The number of anilines is 2. The molecule has 0 amide bonds. The average Bonchev–Trinajstić information content (AvgIpc) is 3.53. The third-order valence-electron chi connectivity index (χ3n) is 8.02. The van der Waals surface area contributed by atoms with E-state index in [0.29, 0.717) is 17.6 Å². The van der Waals surface area contributed by atoms with Gasteiger partial charge in [0.15, 0.2) is 0 Å². The van der Waals surface area contributed by atoms with Crippen molar-refractivity contribution >= 4 is 28.4 Å². The van der Waals surface area contributed by atoms with Crippen LogP contribution < -0.4 is 15.6 Å². The largest absolute Gasteiger partial charge is 0.477 e. The second-order valence-corrected chi connectivity index (χ2v) is 10.9. The molecule has 2 N–H and O–H groups in total. The Kier molecular flexibility index (Phi) is 6.29. The number of rotatable bonds is 6. The van der Waals surface area contributed by atoms with Gasteiger partial charge in [-0.05, 0) is 56.3 Å². The molecule has 0 spiro atoms. The van der Waals surface area contributed by atoms with Gasteiger partial charge < -0.3 is 24.8 Å². The summed E-state index contributed by atoms with van der Waals surface area (Å²) in [6.07, 6.45) is 7.43. The molecule has 9 nitrogen and oxygen atoms in total. The molecule has 0 bridgehead atoms. The maximum atomic E-state index is 14.9. The van der Waals surface area contributed by atoms with Crippen LogP contribution >= 0.6 is 0 Å². The number of hydrogen-bond acceptors (Lipinski definition) is 7. The van der Waals surface area contributed by atoms with Crippen molar-refractivity contribution in [3.8, 4) is 22.3 Å². The molecule has 1 fully saturated rings. The van der Waals surface area contributed by atoms with Crippen LogP contribution in [0.5, 0.6) is 0 Å². The first-order chi connectivity index (χ1) is 19.2. The number of nitrogens with zero attached hydrogens (tertiary/aromatic N) is 5. The lowest BCUT2D eigenvalue weighted by molar-refractivity contribution is 0.0695. The number of hydrogen-bond donors (Lipinski definition) is 2. The third-order valence-corrected chi connectivity index (χ3v) is 8.02. The van der Waals surface area contributed by atoms with Gasteiger partial charge in [-0.3, -0.25) is 9.78 Å². The molecule has 40 heavy (non-hydrogen) atoms. The van der Waals surface area contributed by atoms with Crippen molar-refractivity contribution in [2.24, 2.45) is 7.05 Å². The van der Waals surface area contributed by atoms with Crippen LogP contribution in [0.2, 0.25) is 0 Å². The molecule has 0 saturated carbocycles. The fourth-order valence-electron chi connectivity index (χ4n) is 6.31. The van der Waals surface area contributed by atoms with Gasteiger partial charge in [-0.1, -0.05) is 0 Å². The lowest BCUT2D eigenvalue weighted by atomic mass is 9.97. The number of carboxylic acids is 1. The Balaban J connectivity index is 1.64. The molecule has 1 aliphatic heterocycles. The van der Waals surface area contributed by atoms with Crippen molar-refractivity contribution in [2.45, 2.75) is 25.3 Å². The molecule has 3 aromatic heterocycles. The summed E-state index contributed by atoms with van der Waals surface area (Å²) in [7, 11) is 7.57. The Morgan fingerprint density at radius 1 is 1.20 bits per heavy atom. The summed E-state index contributed by atoms with van der Waals surface area (Å²) in [6, 6.07) is 5.05. The van der Waals surface area contributed by atoms with Gasteiger partial charge >= 0.3 is 5.97 Å². The minimum Gasteiger partial charge on any atom is -0.477 e. The van der Waals surface area contributed by atoms with Gasteiger partial charge in [-0.2, -0.15) is 0 Å². The summed E-state index contributed by atoms with van der Waals surface area (Å²) in [5.74, 6) is -1.61. The molecule has 1 atom stereocenters. The fourth-order valence-corrected chi connectivity index (χ4v) is 6.31. The number of fused-ring (bicyclic) bond motifs is 4. The van der Waals surface area contributed by atoms with Crippen LogP contribution in [0.4, 0.5) is 15.8 Å². The molecule has 0 unspecified atom stereocenters. The van der Waals surface area contributed by atoms with Crippen LogP contribution in [0.25, 0.3) is 33.3 Å². The van der Waals surface area contributed by atoms with Crippen molar-refractivity contribution in [1.82, 2.24) is 19.4 Å². The van der Waals surface area contributed by atoms with Crippen LogP contribution in [0.1, 0.15) is 34.5 Å². The number of likely N-dealkylation sites (N-methyl/N-ethyl adjacent to an activating group) is 1. The molecule has 10 heteroatoms. The summed E-state index contributed by atoms with van der Waals surface area (Å²) < 4.78 is 16.4. The molecule has 0 radical (unpaired) electrons. The standard InChI is InChI=1S/C30H31FN6O3/c1-32-24-10-17(31)9-20-19(24)11-25-26(20)27(37-7-5-6-18(37)14-35(2)3)22(13-33-25)16-8-21-28(38)23(30(39)40)15-36(4)29(21)34-12-16/h8-10,12-13,15,18,32H,5-7,11,14H2,1-4H3,(H,39,40)/t18-/m0/s1. The van der Waals surface area contributed by atoms with Crippen molar-refractivity contribution < 1.29 is 14.3 Å². The summed E-state index contributed by atoms with van der Waals surface area (Å²) in [5.41, 5.74) is 6.24. The van der Waals surface area contributed by atoms with Crippen molar-refractivity contribution in [2.75, 3.05) is 44.4 Å². The summed E-state index contributed by atoms with van der Waals surface area (Å²) in [6.45, 7) is 1.68. The van der Waals surface area contributed by atoms with Crippen LogP contribution in [-0.2, 0) is 13.5 Å². The first-order valence-corrected chi connectivity index (χ1v) is 13.3. The predicted octanol–water partition coefficient (Wildman–Crippen LogP) is 3.98. The minimum atomic E-state index is -1.28. The summed E-state index contributed by atoms with van der Waals surface area (Å²) in [5, 5.41) is 13.0. The second-order valence-electron chi connectivity index (χ2n) is 10.9. The zero-order valence-corrected chi connectivity index (χ0v) is 23.0. The van der Waals surface area contributed by atoms with E-state index < -0.39 is 11.4 Å². The highest BCUT2D eigenvalue weighted by atomic mass is 19.1. The Morgan fingerprint density at radius 2 is 2.00 bits per heavy atom. The number of aryl methyl sites for hydroxylation is 1. The summed E-state index contributed by atoms with van der Waals surface area (Å²) in [4.78, 5) is 38.9.